The van der Waals surface area contributed by atoms with E-state index in [1.165, 1.54) is 4.31 Å². The zero-order valence-corrected chi connectivity index (χ0v) is 14.4. The fourth-order valence-electron chi connectivity index (χ4n) is 1.88. The van der Waals surface area contributed by atoms with Gasteiger partial charge in [0, 0.05) is 38.6 Å². The van der Waals surface area contributed by atoms with Crippen molar-refractivity contribution in [1.29, 1.82) is 0 Å². The van der Waals surface area contributed by atoms with Crippen LogP contribution in [0.25, 0.3) is 0 Å². The lowest BCUT2D eigenvalue weighted by Gasteiger charge is -2.27. The summed E-state index contributed by atoms with van der Waals surface area (Å²) in [6.45, 7) is 7.77. The van der Waals surface area contributed by atoms with Crippen molar-refractivity contribution >= 4 is 21.5 Å². The topological polar surface area (TPSA) is 43.9 Å². The maximum atomic E-state index is 12.4. The first-order valence-corrected chi connectivity index (χ1v) is 9.11. The molecule has 0 saturated heterocycles. The first-order chi connectivity index (χ1) is 9.41. The fourth-order valence-corrected chi connectivity index (χ4v) is 3.75. The van der Waals surface area contributed by atoms with Crippen LogP contribution in [0.5, 0.6) is 0 Å². The lowest BCUT2D eigenvalue weighted by Crippen LogP contribution is -2.43. The molecule has 0 unspecified atom stereocenters. The Kier molecular flexibility index (Phi) is 7.11. The predicted molar refractivity (Wildman–Crippen MR) is 85.1 cm³/mol. The summed E-state index contributed by atoms with van der Waals surface area (Å²) >= 11 is 1.59. The zero-order valence-electron chi connectivity index (χ0n) is 12.7. The number of thiophene rings is 1. The van der Waals surface area contributed by atoms with Crippen LogP contribution in [0.4, 0.5) is 0 Å². The van der Waals surface area contributed by atoms with Crippen molar-refractivity contribution < 1.29 is 8.42 Å². The highest BCUT2D eigenvalue weighted by molar-refractivity contribution is 7.86. The first-order valence-electron chi connectivity index (χ1n) is 6.84. The molecule has 1 aromatic heterocycles. The third-order valence-electron chi connectivity index (χ3n) is 3.26. The second-order valence-corrected chi connectivity index (χ2v) is 7.90. The van der Waals surface area contributed by atoms with Crippen molar-refractivity contribution in [2.45, 2.75) is 20.4 Å². The third-order valence-corrected chi connectivity index (χ3v) is 6.01. The second-order valence-electron chi connectivity index (χ2n) is 4.73. The first kappa shape index (κ1) is 17.6. The van der Waals surface area contributed by atoms with Crippen LogP contribution < -0.4 is 0 Å². The van der Waals surface area contributed by atoms with Gasteiger partial charge in [0.05, 0.1) is 0 Å². The number of nitrogens with zero attached hydrogens (tertiary/aromatic N) is 3. The lowest BCUT2D eigenvalue weighted by atomic mass is 10.4. The van der Waals surface area contributed by atoms with E-state index in [0.29, 0.717) is 13.1 Å². The standard InChI is InChI=1S/C13H25N3O2S2/c1-5-15(6-2)9-10-16(20(17,18)14(3)4)12-13-8-7-11-19-13/h7-8,11H,5-6,9-10,12H2,1-4H3. The quantitative estimate of drug-likeness (QED) is 0.696. The molecular formula is C13H25N3O2S2. The molecular weight excluding hydrogens is 294 g/mol. The highest BCUT2D eigenvalue weighted by Gasteiger charge is 2.25. The predicted octanol–water partition coefficient (Wildman–Crippen LogP) is 1.70. The van der Waals surface area contributed by atoms with E-state index in [-0.39, 0.29) is 0 Å². The Balaban J connectivity index is 2.79. The van der Waals surface area contributed by atoms with Crippen molar-refractivity contribution in [3.8, 4) is 0 Å². The molecule has 0 saturated carbocycles. The van der Waals surface area contributed by atoms with Crippen LogP contribution in [-0.4, -0.2) is 62.2 Å². The minimum absolute atomic E-state index is 0.444. The van der Waals surface area contributed by atoms with Gasteiger partial charge in [-0.1, -0.05) is 19.9 Å². The van der Waals surface area contributed by atoms with Crippen molar-refractivity contribution in [1.82, 2.24) is 13.5 Å². The molecule has 0 N–H and O–H groups in total. The minimum Gasteiger partial charge on any atom is -0.303 e. The Hall–Kier alpha value is -0.470. The van der Waals surface area contributed by atoms with E-state index in [1.54, 1.807) is 29.7 Å². The molecule has 0 aromatic carbocycles. The van der Waals surface area contributed by atoms with Gasteiger partial charge in [-0.2, -0.15) is 17.0 Å². The van der Waals surface area contributed by atoms with Gasteiger partial charge >= 0.3 is 0 Å². The van der Waals surface area contributed by atoms with Gasteiger partial charge in [-0.25, -0.2) is 0 Å². The van der Waals surface area contributed by atoms with Crippen LogP contribution in [0, 0.1) is 0 Å². The SMILES string of the molecule is CCN(CC)CCN(Cc1cccs1)S(=O)(=O)N(C)C. The van der Waals surface area contributed by atoms with E-state index in [9.17, 15) is 8.42 Å². The van der Waals surface area contributed by atoms with Gasteiger partial charge in [0.25, 0.3) is 10.2 Å². The Bertz CT molecular complexity index is 468. The Morgan fingerprint density at radius 3 is 2.25 bits per heavy atom. The third kappa shape index (κ3) is 4.82. The van der Waals surface area contributed by atoms with Gasteiger partial charge in [0.2, 0.25) is 0 Å². The monoisotopic (exact) mass is 319 g/mol. The van der Waals surface area contributed by atoms with Gasteiger partial charge in [0.15, 0.2) is 0 Å². The highest BCUT2D eigenvalue weighted by atomic mass is 32.2. The summed E-state index contributed by atoms with van der Waals surface area (Å²) in [5.74, 6) is 0. The molecule has 20 heavy (non-hydrogen) atoms. The number of hydrogen-bond donors (Lipinski definition) is 0. The van der Waals surface area contributed by atoms with Crippen molar-refractivity contribution in [2.24, 2.45) is 0 Å². The molecule has 0 fully saturated rings. The molecule has 0 radical (unpaired) electrons. The summed E-state index contributed by atoms with van der Waals surface area (Å²) in [5.41, 5.74) is 0. The highest BCUT2D eigenvalue weighted by Crippen LogP contribution is 2.15. The fraction of sp³-hybridized carbons (Fsp3) is 0.692. The van der Waals surface area contributed by atoms with Crippen LogP contribution in [0.2, 0.25) is 0 Å². The molecule has 0 bridgehead atoms. The maximum Gasteiger partial charge on any atom is 0.281 e. The Morgan fingerprint density at radius 1 is 1.15 bits per heavy atom. The van der Waals surface area contributed by atoms with Crippen LogP contribution in [0.15, 0.2) is 17.5 Å². The number of likely N-dealkylation sites (N-methyl/N-ethyl adjacent to an activating group) is 1. The van der Waals surface area contributed by atoms with E-state index in [4.69, 9.17) is 0 Å². The van der Waals surface area contributed by atoms with Crippen molar-refractivity contribution in [3.05, 3.63) is 22.4 Å². The minimum atomic E-state index is -3.38. The summed E-state index contributed by atoms with van der Waals surface area (Å²) in [6.07, 6.45) is 0. The van der Waals surface area contributed by atoms with Crippen LogP contribution in [-0.2, 0) is 16.8 Å². The average Bonchev–Trinajstić information content (AvgIpc) is 2.91. The molecule has 0 aliphatic rings. The Labute approximate surface area is 127 Å². The van der Waals surface area contributed by atoms with Crippen molar-refractivity contribution in [3.63, 3.8) is 0 Å². The largest absolute Gasteiger partial charge is 0.303 e. The number of rotatable bonds is 9. The molecule has 0 amide bonds. The molecule has 1 aromatic rings. The van der Waals surface area contributed by atoms with E-state index < -0.39 is 10.2 Å². The molecule has 7 heteroatoms. The summed E-state index contributed by atoms with van der Waals surface area (Å²) in [5, 5.41) is 1.97. The van der Waals surface area contributed by atoms with Crippen LogP contribution >= 0.6 is 11.3 Å². The lowest BCUT2D eigenvalue weighted by molar-refractivity contribution is 0.263. The Morgan fingerprint density at radius 2 is 1.80 bits per heavy atom. The summed E-state index contributed by atoms with van der Waals surface area (Å²) in [7, 11) is -0.225. The van der Waals surface area contributed by atoms with E-state index in [2.05, 4.69) is 18.7 Å². The van der Waals surface area contributed by atoms with Gasteiger partial charge in [-0.15, -0.1) is 11.3 Å². The molecule has 0 aliphatic heterocycles. The van der Waals surface area contributed by atoms with Gasteiger partial charge in [0.1, 0.15) is 0 Å². The van der Waals surface area contributed by atoms with E-state index in [0.717, 1.165) is 24.5 Å². The molecule has 1 rings (SSSR count). The second kappa shape index (κ2) is 8.09. The molecule has 116 valence electrons. The maximum absolute atomic E-state index is 12.4. The van der Waals surface area contributed by atoms with Crippen LogP contribution in [0.3, 0.4) is 0 Å². The smallest absolute Gasteiger partial charge is 0.281 e. The average molecular weight is 319 g/mol. The molecule has 0 aliphatic carbocycles. The molecule has 1 heterocycles. The summed E-state index contributed by atoms with van der Waals surface area (Å²) in [6, 6.07) is 3.92. The van der Waals surface area contributed by atoms with Crippen LogP contribution in [0.1, 0.15) is 18.7 Å². The zero-order chi connectivity index (χ0) is 15.2. The van der Waals surface area contributed by atoms with Gasteiger partial charge in [-0.05, 0) is 24.5 Å². The van der Waals surface area contributed by atoms with Crippen molar-refractivity contribution in [2.75, 3.05) is 40.3 Å². The summed E-state index contributed by atoms with van der Waals surface area (Å²) in [4.78, 5) is 3.29. The van der Waals surface area contributed by atoms with E-state index in [1.807, 2.05) is 17.5 Å². The van der Waals surface area contributed by atoms with Gasteiger partial charge in [-0.3, -0.25) is 0 Å². The molecule has 0 spiro atoms. The molecule has 5 nitrogen and oxygen atoms in total. The van der Waals surface area contributed by atoms with Gasteiger partial charge < -0.3 is 4.90 Å². The molecule has 0 atom stereocenters. The van der Waals surface area contributed by atoms with E-state index >= 15 is 0 Å². The number of hydrogen-bond acceptors (Lipinski definition) is 4. The summed E-state index contributed by atoms with van der Waals surface area (Å²) < 4.78 is 27.6. The normalized spacial score (nSPS) is 12.8.